The fourth-order valence-corrected chi connectivity index (χ4v) is 1.40. The van der Waals surface area contributed by atoms with Crippen molar-refractivity contribution in [2.75, 3.05) is 6.54 Å². The monoisotopic (exact) mass is 205 g/mol. The van der Waals surface area contributed by atoms with Crippen LogP contribution in [-0.2, 0) is 9.59 Å². The summed E-state index contributed by atoms with van der Waals surface area (Å²) in [6, 6.07) is 0. The summed E-state index contributed by atoms with van der Waals surface area (Å²) in [5, 5.41) is 0. The van der Waals surface area contributed by atoms with Gasteiger partial charge in [0, 0.05) is 6.54 Å². The van der Waals surface area contributed by atoms with Crippen LogP contribution in [0.5, 0.6) is 0 Å². The van der Waals surface area contributed by atoms with Gasteiger partial charge in [-0.15, -0.1) is 0 Å². The van der Waals surface area contributed by atoms with Crippen LogP contribution in [-0.4, -0.2) is 29.2 Å². The summed E-state index contributed by atoms with van der Waals surface area (Å²) in [7, 11) is 0. The first-order chi connectivity index (χ1) is 6.32. The van der Waals surface area contributed by atoms with Crippen LogP contribution in [0.15, 0.2) is 0 Å². The van der Waals surface area contributed by atoms with Gasteiger partial charge in [-0.1, -0.05) is 13.8 Å². The molecule has 0 radical (unpaired) electrons. The maximum absolute atomic E-state index is 12.7. The second-order valence-corrected chi connectivity index (χ2v) is 4.00. The SMILES string of the molecule is CC(C)CN1C(=O)CC(F)(F)CC1=O. The lowest BCUT2D eigenvalue weighted by Gasteiger charge is -2.30. The third kappa shape index (κ3) is 2.49. The van der Waals surface area contributed by atoms with Crippen molar-refractivity contribution in [1.29, 1.82) is 0 Å². The number of carbonyl (C=O) groups excluding carboxylic acids is 2. The van der Waals surface area contributed by atoms with Crippen molar-refractivity contribution in [1.82, 2.24) is 4.90 Å². The van der Waals surface area contributed by atoms with E-state index in [4.69, 9.17) is 0 Å². The number of piperidine rings is 1. The molecule has 5 heteroatoms. The summed E-state index contributed by atoms with van der Waals surface area (Å²) >= 11 is 0. The second kappa shape index (κ2) is 3.63. The molecule has 1 fully saturated rings. The van der Waals surface area contributed by atoms with E-state index in [0.29, 0.717) is 0 Å². The highest BCUT2D eigenvalue weighted by atomic mass is 19.3. The summed E-state index contributed by atoms with van der Waals surface area (Å²) in [6.45, 7) is 3.88. The van der Waals surface area contributed by atoms with Crippen LogP contribution in [0.1, 0.15) is 26.7 Å². The van der Waals surface area contributed by atoms with Gasteiger partial charge >= 0.3 is 0 Å². The van der Waals surface area contributed by atoms with Crippen LogP contribution < -0.4 is 0 Å². The molecule has 1 rings (SSSR count). The molecule has 1 saturated heterocycles. The van der Waals surface area contributed by atoms with E-state index in [1.807, 2.05) is 13.8 Å². The first-order valence-corrected chi connectivity index (χ1v) is 4.53. The molecule has 0 aromatic rings. The Hall–Kier alpha value is -1.00. The highest BCUT2D eigenvalue weighted by molar-refractivity contribution is 5.98. The van der Waals surface area contributed by atoms with Crippen molar-refractivity contribution in [3.63, 3.8) is 0 Å². The van der Waals surface area contributed by atoms with Crippen LogP contribution in [0.3, 0.4) is 0 Å². The lowest BCUT2D eigenvalue weighted by Crippen LogP contribution is -2.48. The zero-order valence-corrected chi connectivity index (χ0v) is 8.22. The van der Waals surface area contributed by atoms with Crippen LogP contribution in [0.25, 0.3) is 0 Å². The predicted octanol–water partition coefficient (Wildman–Crippen LogP) is 1.43. The van der Waals surface area contributed by atoms with E-state index in [-0.39, 0.29) is 12.5 Å². The number of hydrogen-bond acceptors (Lipinski definition) is 2. The van der Waals surface area contributed by atoms with Crippen molar-refractivity contribution in [2.24, 2.45) is 5.92 Å². The summed E-state index contributed by atoms with van der Waals surface area (Å²) in [4.78, 5) is 23.3. The van der Waals surface area contributed by atoms with Crippen molar-refractivity contribution < 1.29 is 18.4 Å². The standard InChI is InChI=1S/C9H13F2NO2/c1-6(2)5-12-7(13)3-9(10,11)4-8(12)14/h6H,3-5H2,1-2H3. The molecule has 0 aromatic carbocycles. The zero-order valence-electron chi connectivity index (χ0n) is 8.22. The number of nitrogens with zero attached hydrogens (tertiary/aromatic N) is 1. The lowest BCUT2D eigenvalue weighted by atomic mass is 10.0. The largest absolute Gasteiger partial charge is 0.282 e. The number of likely N-dealkylation sites (tertiary alicyclic amines) is 1. The Kier molecular flexibility index (Phi) is 2.87. The molecule has 1 aliphatic rings. The molecule has 0 N–H and O–H groups in total. The molecule has 0 saturated carbocycles. The highest BCUT2D eigenvalue weighted by Gasteiger charge is 2.44. The Morgan fingerprint density at radius 3 is 2.07 bits per heavy atom. The van der Waals surface area contributed by atoms with Gasteiger partial charge in [-0.05, 0) is 5.92 Å². The fraction of sp³-hybridized carbons (Fsp3) is 0.778. The molecule has 0 aliphatic carbocycles. The third-order valence-corrected chi connectivity index (χ3v) is 1.97. The quantitative estimate of drug-likeness (QED) is 0.639. The molecule has 1 heterocycles. The molecule has 0 bridgehead atoms. The Morgan fingerprint density at radius 2 is 1.71 bits per heavy atom. The minimum absolute atomic E-state index is 0.106. The number of hydrogen-bond donors (Lipinski definition) is 0. The molecular weight excluding hydrogens is 192 g/mol. The van der Waals surface area contributed by atoms with E-state index in [1.54, 1.807) is 0 Å². The van der Waals surface area contributed by atoms with E-state index >= 15 is 0 Å². The Labute approximate surface area is 81.1 Å². The molecule has 2 amide bonds. The van der Waals surface area contributed by atoms with Gasteiger partial charge in [-0.2, -0.15) is 0 Å². The smallest absolute Gasteiger partial charge is 0.265 e. The number of halogens is 2. The number of rotatable bonds is 2. The Morgan fingerprint density at radius 1 is 1.29 bits per heavy atom. The zero-order chi connectivity index (χ0) is 10.9. The number of alkyl halides is 2. The molecule has 0 unspecified atom stereocenters. The lowest BCUT2D eigenvalue weighted by molar-refractivity contribution is -0.162. The fourth-order valence-electron chi connectivity index (χ4n) is 1.40. The first-order valence-electron chi connectivity index (χ1n) is 4.53. The Balaban J connectivity index is 2.71. The van der Waals surface area contributed by atoms with Gasteiger partial charge < -0.3 is 0 Å². The molecule has 80 valence electrons. The summed E-state index contributed by atoms with van der Waals surface area (Å²) in [5.41, 5.74) is 0. The van der Waals surface area contributed by atoms with Crippen molar-refractivity contribution >= 4 is 11.8 Å². The topological polar surface area (TPSA) is 37.4 Å². The summed E-state index contributed by atoms with van der Waals surface area (Å²) < 4.78 is 25.5. The van der Waals surface area contributed by atoms with E-state index in [2.05, 4.69) is 0 Å². The van der Waals surface area contributed by atoms with Gasteiger partial charge in [0.25, 0.3) is 5.92 Å². The van der Waals surface area contributed by atoms with Gasteiger partial charge in [0.2, 0.25) is 11.8 Å². The van der Waals surface area contributed by atoms with Crippen LogP contribution in [0.4, 0.5) is 8.78 Å². The normalized spacial score (nSPS) is 21.9. The van der Waals surface area contributed by atoms with E-state index < -0.39 is 30.6 Å². The maximum atomic E-state index is 12.7. The second-order valence-electron chi connectivity index (χ2n) is 4.00. The van der Waals surface area contributed by atoms with Gasteiger partial charge in [0.05, 0.1) is 12.8 Å². The number of carbonyl (C=O) groups is 2. The number of imide groups is 1. The maximum Gasteiger partial charge on any atom is 0.265 e. The third-order valence-electron chi connectivity index (χ3n) is 1.97. The minimum atomic E-state index is -3.15. The van der Waals surface area contributed by atoms with Gasteiger partial charge in [-0.3, -0.25) is 14.5 Å². The van der Waals surface area contributed by atoms with Crippen LogP contribution in [0, 0.1) is 5.92 Å². The molecule has 1 aliphatic heterocycles. The highest BCUT2D eigenvalue weighted by Crippen LogP contribution is 2.29. The molecule has 0 aromatic heterocycles. The molecular formula is C9H13F2NO2. The summed E-state index contributed by atoms with van der Waals surface area (Å²) in [5.74, 6) is -4.57. The average Bonchev–Trinajstić information content (AvgIpc) is 1.94. The van der Waals surface area contributed by atoms with Gasteiger partial charge in [0.1, 0.15) is 0 Å². The Bertz CT molecular complexity index is 244. The molecule has 14 heavy (non-hydrogen) atoms. The first kappa shape index (κ1) is 11.1. The van der Waals surface area contributed by atoms with Crippen molar-refractivity contribution in [3.05, 3.63) is 0 Å². The van der Waals surface area contributed by atoms with Crippen LogP contribution >= 0.6 is 0 Å². The predicted molar refractivity (Wildman–Crippen MR) is 45.7 cm³/mol. The van der Waals surface area contributed by atoms with E-state index in [9.17, 15) is 18.4 Å². The average molecular weight is 205 g/mol. The summed E-state index contributed by atoms with van der Waals surface area (Å²) in [6.07, 6.45) is -1.68. The molecule has 3 nitrogen and oxygen atoms in total. The van der Waals surface area contributed by atoms with E-state index in [1.165, 1.54) is 0 Å². The van der Waals surface area contributed by atoms with Crippen molar-refractivity contribution in [3.8, 4) is 0 Å². The van der Waals surface area contributed by atoms with Gasteiger partial charge in [-0.25, -0.2) is 8.78 Å². The van der Waals surface area contributed by atoms with Crippen molar-refractivity contribution in [2.45, 2.75) is 32.6 Å². The molecule has 0 atom stereocenters. The van der Waals surface area contributed by atoms with Crippen LogP contribution in [0.2, 0.25) is 0 Å². The van der Waals surface area contributed by atoms with Gasteiger partial charge in [0.15, 0.2) is 0 Å². The molecule has 0 spiro atoms. The minimum Gasteiger partial charge on any atom is -0.282 e. The van der Waals surface area contributed by atoms with E-state index in [0.717, 1.165) is 4.90 Å². The number of amides is 2.